The monoisotopic (exact) mass is 356 g/mol. The van der Waals surface area contributed by atoms with Crippen molar-refractivity contribution in [3.63, 3.8) is 0 Å². The fourth-order valence-corrected chi connectivity index (χ4v) is 2.78. The number of para-hydroxylation sites is 1. The lowest BCUT2D eigenvalue weighted by Crippen LogP contribution is -2.33. The number of rotatable bonds is 6. The molecule has 0 fully saturated rings. The van der Waals surface area contributed by atoms with Gasteiger partial charge in [-0.25, -0.2) is 21.9 Å². The minimum Gasteiger partial charge on any atom is -0.497 e. The van der Waals surface area contributed by atoms with E-state index in [-0.39, 0.29) is 4.90 Å². The summed E-state index contributed by atoms with van der Waals surface area (Å²) in [5.41, 5.74) is -0.633. The lowest BCUT2D eigenvalue weighted by atomic mass is 10.3. The van der Waals surface area contributed by atoms with Crippen LogP contribution in [0.4, 0.5) is 14.5 Å². The lowest BCUT2D eigenvalue weighted by Gasteiger charge is -2.09. The molecule has 0 aliphatic rings. The number of benzene rings is 2. The fourth-order valence-electron chi connectivity index (χ4n) is 1.80. The van der Waals surface area contributed by atoms with E-state index in [2.05, 4.69) is 0 Å². The van der Waals surface area contributed by atoms with Gasteiger partial charge in [0.15, 0.2) is 0 Å². The van der Waals surface area contributed by atoms with E-state index >= 15 is 0 Å². The summed E-state index contributed by atoms with van der Waals surface area (Å²) >= 11 is 0. The first-order chi connectivity index (χ1) is 11.3. The summed E-state index contributed by atoms with van der Waals surface area (Å²) in [5, 5.41) is 1.98. The molecule has 24 heavy (non-hydrogen) atoms. The fraction of sp³-hybridized carbons (Fsp3) is 0.133. The SMILES string of the molecule is COc1ccc(S(=O)(=O)NCC(=O)Nc2c(F)cccc2F)cc1. The molecule has 0 unspecified atom stereocenters. The standard InChI is InChI=1S/C15H14F2N2O4S/c1-23-10-5-7-11(8-6-10)24(21,22)18-9-14(20)19-15-12(16)3-2-4-13(15)17/h2-8,18H,9H2,1H3,(H,19,20). The summed E-state index contributed by atoms with van der Waals surface area (Å²) in [6.45, 7) is -0.678. The van der Waals surface area contributed by atoms with Crippen molar-refractivity contribution in [2.45, 2.75) is 4.90 Å². The zero-order valence-electron chi connectivity index (χ0n) is 12.5. The Balaban J connectivity index is 2.02. The van der Waals surface area contributed by atoms with E-state index in [4.69, 9.17) is 4.74 Å². The molecule has 0 radical (unpaired) electrons. The topological polar surface area (TPSA) is 84.5 Å². The Morgan fingerprint density at radius 3 is 2.21 bits per heavy atom. The number of anilines is 1. The van der Waals surface area contributed by atoms with Crippen molar-refractivity contribution in [2.24, 2.45) is 0 Å². The number of halogens is 2. The van der Waals surface area contributed by atoms with Gasteiger partial charge in [-0.1, -0.05) is 6.07 Å². The van der Waals surface area contributed by atoms with Crippen molar-refractivity contribution in [3.8, 4) is 5.75 Å². The third kappa shape index (κ3) is 4.27. The number of carbonyl (C=O) groups is 1. The van der Waals surface area contributed by atoms with Crippen molar-refractivity contribution < 1.29 is 26.7 Å². The number of ether oxygens (including phenoxy) is 1. The van der Waals surface area contributed by atoms with E-state index in [0.29, 0.717) is 5.75 Å². The molecular formula is C15H14F2N2O4S. The molecule has 1 amide bonds. The molecule has 0 aliphatic carbocycles. The van der Waals surface area contributed by atoms with Crippen LogP contribution in [0.15, 0.2) is 47.4 Å². The van der Waals surface area contributed by atoms with Crippen molar-refractivity contribution in [1.29, 1.82) is 0 Å². The molecule has 9 heteroatoms. The van der Waals surface area contributed by atoms with Crippen LogP contribution < -0.4 is 14.8 Å². The van der Waals surface area contributed by atoms with Crippen LogP contribution in [0, 0.1) is 11.6 Å². The van der Waals surface area contributed by atoms with Crippen molar-refractivity contribution in [3.05, 3.63) is 54.1 Å². The van der Waals surface area contributed by atoms with Crippen LogP contribution in [0.2, 0.25) is 0 Å². The van der Waals surface area contributed by atoms with Gasteiger partial charge in [-0.2, -0.15) is 0 Å². The van der Waals surface area contributed by atoms with Crippen LogP contribution in [-0.4, -0.2) is 28.0 Å². The number of amides is 1. The largest absolute Gasteiger partial charge is 0.497 e. The van der Waals surface area contributed by atoms with Gasteiger partial charge in [0.25, 0.3) is 0 Å². The molecule has 0 spiro atoms. The molecule has 128 valence electrons. The third-order valence-corrected chi connectivity index (χ3v) is 4.44. The second kappa shape index (κ2) is 7.37. The second-order valence-electron chi connectivity index (χ2n) is 4.64. The highest BCUT2D eigenvalue weighted by Gasteiger charge is 2.17. The molecule has 0 saturated carbocycles. The smallest absolute Gasteiger partial charge is 0.241 e. The van der Waals surface area contributed by atoms with E-state index < -0.39 is 39.8 Å². The van der Waals surface area contributed by atoms with Gasteiger partial charge < -0.3 is 10.1 Å². The Kier molecular flexibility index (Phi) is 5.47. The summed E-state index contributed by atoms with van der Waals surface area (Å²) < 4.78 is 57.9. The Morgan fingerprint density at radius 2 is 1.67 bits per heavy atom. The highest BCUT2D eigenvalue weighted by atomic mass is 32.2. The number of hydrogen-bond acceptors (Lipinski definition) is 4. The molecule has 2 N–H and O–H groups in total. The first-order valence-corrected chi connectivity index (χ1v) is 8.19. The summed E-state index contributed by atoms with van der Waals surface area (Å²) in [6.07, 6.45) is 0. The predicted octanol–water partition coefficient (Wildman–Crippen LogP) is 1.89. The van der Waals surface area contributed by atoms with Crippen LogP contribution in [0.5, 0.6) is 5.75 Å². The Morgan fingerprint density at radius 1 is 1.08 bits per heavy atom. The van der Waals surface area contributed by atoms with E-state index in [1.165, 1.54) is 31.4 Å². The van der Waals surface area contributed by atoms with Gasteiger partial charge in [-0.3, -0.25) is 4.79 Å². The predicted molar refractivity (Wildman–Crippen MR) is 83.2 cm³/mol. The van der Waals surface area contributed by atoms with Gasteiger partial charge in [-0.05, 0) is 36.4 Å². The van der Waals surface area contributed by atoms with Gasteiger partial charge in [0.05, 0.1) is 18.6 Å². The first-order valence-electron chi connectivity index (χ1n) is 6.71. The lowest BCUT2D eigenvalue weighted by molar-refractivity contribution is -0.115. The molecule has 6 nitrogen and oxygen atoms in total. The number of methoxy groups -OCH3 is 1. The van der Waals surface area contributed by atoms with Crippen molar-refractivity contribution in [1.82, 2.24) is 4.72 Å². The van der Waals surface area contributed by atoms with Crippen LogP contribution in [0.3, 0.4) is 0 Å². The molecule has 0 aliphatic heterocycles. The van der Waals surface area contributed by atoms with Crippen LogP contribution in [-0.2, 0) is 14.8 Å². The highest BCUT2D eigenvalue weighted by molar-refractivity contribution is 7.89. The average Bonchev–Trinajstić information content (AvgIpc) is 2.56. The zero-order chi connectivity index (χ0) is 17.7. The molecule has 2 rings (SSSR count). The Labute approximate surface area is 137 Å². The van der Waals surface area contributed by atoms with E-state index in [1.807, 2.05) is 10.0 Å². The number of nitrogens with one attached hydrogen (secondary N) is 2. The zero-order valence-corrected chi connectivity index (χ0v) is 13.4. The van der Waals surface area contributed by atoms with Crippen molar-refractivity contribution >= 4 is 21.6 Å². The summed E-state index contributed by atoms with van der Waals surface area (Å²) in [5.74, 6) is -2.35. The number of hydrogen-bond donors (Lipinski definition) is 2. The van der Waals surface area contributed by atoms with Crippen LogP contribution in [0.1, 0.15) is 0 Å². The quantitative estimate of drug-likeness (QED) is 0.828. The van der Waals surface area contributed by atoms with Gasteiger partial charge in [0.1, 0.15) is 23.1 Å². The molecule has 0 atom stereocenters. The molecule has 0 aromatic heterocycles. The Bertz CT molecular complexity index is 819. The van der Waals surface area contributed by atoms with Gasteiger partial charge in [0, 0.05) is 0 Å². The summed E-state index contributed by atoms with van der Waals surface area (Å²) in [6, 6.07) is 8.59. The minimum absolute atomic E-state index is 0.0758. The maximum Gasteiger partial charge on any atom is 0.241 e. The normalized spacial score (nSPS) is 11.1. The average molecular weight is 356 g/mol. The highest BCUT2D eigenvalue weighted by Crippen LogP contribution is 2.18. The van der Waals surface area contributed by atoms with Crippen LogP contribution in [0.25, 0.3) is 0 Å². The summed E-state index contributed by atoms with van der Waals surface area (Å²) in [4.78, 5) is 11.6. The molecular weight excluding hydrogens is 342 g/mol. The maximum absolute atomic E-state index is 13.4. The third-order valence-electron chi connectivity index (χ3n) is 3.02. The maximum atomic E-state index is 13.4. The van der Waals surface area contributed by atoms with Gasteiger partial charge in [0.2, 0.25) is 15.9 Å². The van der Waals surface area contributed by atoms with Crippen LogP contribution >= 0.6 is 0 Å². The van der Waals surface area contributed by atoms with E-state index in [9.17, 15) is 22.0 Å². The Hall–Kier alpha value is -2.52. The first kappa shape index (κ1) is 17.8. The van der Waals surface area contributed by atoms with E-state index in [1.54, 1.807) is 0 Å². The van der Waals surface area contributed by atoms with Crippen molar-refractivity contribution in [2.75, 3.05) is 19.0 Å². The van der Waals surface area contributed by atoms with E-state index in [0.717, 1.165) is 18.2 Å². The molecule has 0 bridgehead atoms. The molecule has 0 heterocycles. The molecule has 2 aromatic rings. The summed E-state index contributed by atoms with van der Waals surface area (Å²) in [7, 11) is -2.51. The number of carbonyl (C=O) groups excluding carboxylic acids is 1. The second-order valence-corrected chi connectivity index (χ2v) is 6.41. The number of sulfonamides is 1. The minimum atomic E-state index is -3.95. The molecule has 0 saturated heterocycles. The molecule has 2 aromatic carbocycles. The van der Waals surface area contributed by atoms with Gasteiger partial charge >= 0.3 is 0 Å². The van der Waals surface area contributed by atoms with Gasteiger partial charge in [-0.15, -0.1) is 0 Å².